The van der Waals surface area contributed by atoms with E-state index in [4.69, 9.17) is 9.47 Å². The van der Waals surface area contributed by atoms with Crippen LogP contribution in [0, 0.1) is 6.92 Å². The van der Waals surface area contributed by atoms with Gasteiger partial charge in [0.2, 0.25) is 16.0 Å². The first-order valence-corrected chi connectivity index (χ1v) is 13.7. The van der Waals surface area contributed by atoms with E-state index < -0.39 is 15.3 Å². The largest absolute Gasteiger partial charge is 0.494 e. The van der Waals surface area contributed by atoms with Crippen LogP contribution in [0.15, 0.2) is 46.4 Å². The molecule has 3 aromatic heterocycles. The standard InChI is InChI=1S/C22H23BrN6O4S2/c1-13-12-34-21(25-13)20-26-27-22(29(20)19-17(32-3)6-5-7-18(19)33-4)28-35(30,31)14(2)10-16-9-8-15(23)11-24-16/h5-9,11-12,14H,10H2,1-4H3,(H,27,28)/t14-/m0/s1. The zero-order valence-corrected chi connectivity index (χ0v) is 22.6. The van der Waals surface area contributed by atoms with Crippen LogP contribution >= 0.6 is 27.3 Å². The molecule has 10 nitrogen and oxygen atoms in total. The van der Waals surface area contributed by atoms with E-state index in [0.717, 1.165) is 10.2 Å². The van der Waals surface area contributed by atoms with Gasteiger partial charge in [0.1, 0.15) is 17.2 Å². The first-order chi connectivity index (χ1) is 16.7. The molecular weight excluding hydrogens is 556 g/mol. The minimum Gasteiger partial charge on any atom is -0.494 e. The number of benzene rings is 1. The number of halogens is 1. The maximum absolute atomic E-state index is 13.3. The second-order valence-electron chi connectivity index (χ2n) is 7.62. The number of pyridine rings is 1. The van der Waals surface area contributed by atoms with E-state index >= 15 is 0 Å². The molecular formula is C22H23BrN6O4S2. The third-order valence-electron chi connectivity index (χ3n) is 5.15. The molecule has 1 N–H and O–H groups in total. The lowest BCUT2D eigenvalue weighted by Gasteiger charge is -2.18. The number of methoxy groups -OCH3 is 2. The lowest BCUT2D eigenvalue weighted by Crippen LogP contribution is -2.28. The zero-order valence-electron chi connectivity index (χ0n) is 19.4. The van der Waals surface area contributed by atoms with Gasteiger partial charge in [-0.1, -0.05) is 6.07 Å². The summed E-state index contributed by atoms with van der Waals surface area (Å²) in [6.07, 6.45) is 1.85. The molecule has 0 unspecified atom stereocenters. The van der Waals surface area contributed by atoms with Gasteiger partial charge < -0.3 is 9.47 Å². The molecule has 0 radical (unpaired) electrons. The Hall–Kier alpha value is -3.03. The van der Waals surface area contributed by atoms with Gasteiger partial charge in [-0.3, -0.25) is 14.3 Å². The lowest BCUT2D eigenvalue weighted by atomic mass is 10.2. The smallest absolute Gasteiger partial charge is 0.243 e. The van der Waals surface area contributed by atoms with Crippen molar-refractivity contribution >= 4 is 43.2 Å². The summed E-state index contributed by atoms with van der Waals surface area (Å²) in [5, 5.41) is 10.1. The number of rotatable bonds is 9. The summed E-state index contributed by atoms with van der Waals surface area (Å²) in [5.74, 6) is 1.24. The first kappa shape index (κ1) is 25.1. The molecule has 0 aliphatic rings. The Morgan fingerprint density at radius 3 is 2.43 bits per heavy atom. The quantitative estimate of drug-likeness (QED) is 0.313. The Morgan fingerprint density at radius 2 is 1.86 bits per heavy atom. The number of hydrogen-bond acceptors (Lipinski definition) is 9. The SMILES string of the molecule is COc1cccc(OC)c1-n1c(NS(=O)(=O)[C@@H](C)Cc2ccc(Br)cn2)nnc1-c1nc(C)cs1. The highest BCUT2D eigenvalue weighted by Crippen LogP contribution is 2.38. The average Bonchev–Trinajstić information content (AvgIpc) is 3.45. The van der Waals surface area contributed by atoms with Crippen molar-refractivity contribution in [2.45, 2.75) is 25.5 Å². The van der Waals surface area contributed by atoms with Crippen molar-refractivity contribution in [2.75, 3.05) is 18.9 Å². The molecule has 13 heteroatoms. The molecule has 1 aromatic carbocycles. The van der Waals surface area contributed by atoms with E-state index in [1.807, 2.05) is 18.4 Å². The fourth-order valence-corrected chi connectivity index (χ4v) is 5.35. The van der Waals surface area contributed by atoms with Crippen LogP contribution < -0.4 is 14.2 Å². The van der Waals surface area contributed by atoms with E-state index in [-0.39, 0.29) is 12.4 Å². The highest BCUT2D eigenvalue weighted by atomic mass is 79.9. The number of aromatic nitrogens is 5. The topological polar surface area (TPSA) is 121 Å². The molecule has 3 heterocycles. The number of hydrogen-bond donors (Lipinski definition) is 1. The van der Waals surface area contributed by atoms with Gasteiger partial charge >= 0.3 is 0 Å². The van der Waals surface area contributed by atoms with Gasteiger partial charge in [-0.15, -0.1) is 21.5 Å². The summed E-state index contributed by atoms with van der Waals surface area (Å²) in [6, 6.07) is 8.86. The Kier molecular flexibility index (Phi) is 7.38. The van der Waals surface area contributed by atoms with Gasteiger partial charge in [0, 0.05) is 33.9 Å². The third-order valence-corrected chi connectivity index (χ3v) is 8.27. The number of aryl methyl sites for hydroxylation is 1. The van der Waals surface area contributed by atoms with Crippen LogP contribution in [0.1, 0.15) is 18.3 Å². The number of anilines is 1. The van der Waals surface area contributed by atoms with Crippen molar-refractivity contribution in [2.24, 2.45) is 0 Å². The van der Waals surface area contributed by atoms with Crippen LogP contribution in [0.4, 0.5) is 5.95 Å². The van der Waals surface area contributed by atoms with Crippen LogP contribution in [-0.2, 0) is 16.4 Å². The molecule has 0 fully saturated rings. The van der Waals surface area contributed by atoms with Gasteiger partial charge in [-0.2, -0.15) is 0 Å². The lowest BCUT2D eigenvalue weighted by molar-refractivity contribution is 0.391. The molecule has 0 amide bonds. The van der Waals surface area contributed by atoms with Gasteiger partial charge in [-0.25, -0.2) is 13.4 Å². The van der Waals surface area contributed by atoms with Crippen LogP contribution in [0.5, 0.6) is 11.5 Å². The summed E-state index contributed by atoms with van der Waals surface area (Å²) in [6.45, 7) is 3.48. The maximum Gasteiger partial charge on any atom is 0.243 e. The summed E-state index contributed by atoms with van der Waals surface area (Å²) in [4.78, 5) is 8.79. The predicted molar refractivity (Wildman–Crippen MR) is 138 cm³/mol. The van der Waals surface area contributed by atoms with Crippen LogP contribution in [0.3, 0.4) is 0 Å². The van der Waals surface area contributed by atoms with Crippen molar-refractivity contribution in [1.82, 2.24) is 24.7 Å². The molecule has 0 spiro atoms. The molecule has 4 rings (SSSR count). The molecule has 1 atom stereocenters. The highest BCUT2D eigenvalue weighted by Gasteiger charge is 2.29. The molecule has 0 aliphatic heterocycles. The van der Waals surface area contributed by atoms with E-state index in [9.17, 15) is 8.42 Å². The minimum atomic E-state index is -3.88. The van der Waals surface area contributed by atoms with Gasteiger partial charge in [-0.05, 0) is 54.0 Å². The molecule has 0 bridgehead atoms. The van der Waals surface area contributed by atoms with Gasteiger partial charge in [0.05, 0.1) is 19.5 Å². The normalized spacial score (nSPS) is 12.4. The zero-order chi connectivity index (χ0) is 25.2. The fraction of sp³-hybridized carbons (Fsp3) is 0.273. The number of para-hydroxylation sites is 1. The highest BCUT2D eigenvalue weighted by molar-refractivity contribution is 9.10. The van der Waals surface area contributed by atoms with Crippen LogP contribution in [0.25, 0.3) is 16.5 Å². The number of thiazole rings is 1. The van der Waals surface area contributed by atoms with E-state index in [2.05, 4.69) is 40.8 Å². The second-order valence-corrected chi connectivity index (χ2v) is 11.5. The van der Waals surface area contributed by atoms with Crippen LogP contribution in [0.2, 0.25) is 0 Å². The van der Waals surface area contributed by atoms with Crippen molar-refractivity contribution < 1.29 is 17.9 Å². The molecule has 184 valence electrons. The first-order valence-electron chi connectivity index (χ1n) is 10.4. The fourth-order valence-electron chi connectivity index (χ4n) is 3.37. The van der Waals surface area contributed by atoms with E-state index in [0.29, 0.717) is 33.7 Å². The third kappa shape index (κ3) is 5.31. The Morgan fingerprint density at radius 1 is 1.14 bits per heavy atom. The molecule has 0 aliphatic carbocycles. The van der Waals surface area contributed by atoms with Crippen LogP contribution in [-0.4, -0.2) is 52.6 Å². The number of nitrogens with one attached hydrogen (secondary N) is 1. The van der Waals surface area contributed by atoms with Crippen molar-refractivity contribution in [3.8, 4) is 28.0 Å². The van der Waals surface area contributed by atoms with Gasteiger partial charge in [0.25, 0.3) is 0 Å². The summed E-state index contributed by atoms with van der Waals surface area (Å²) >= 11 is 4.71. The predicted octanol–water partition coefficient (Wildman–Crippen LogP) is 4.25. The van der Waals surface area contributed by atoms with Gasteiger partial charge in [0.15, 0.2) is 10.8 Å². The summed E-state index contributed by atoms with van der Waals surface area (Å²) < 4.78 is 42.7. The molecule has 0 saturated carbocycles. The monoisotopic (exact) mass is 578 g/mol. The second kappa shape index (κ2) is 10.3. The Labute approximate surface area is 215 Å². The Bertz CT molecular complexity index is 1410. The van der Waals surface area contributed by atoms with E-state index in [1.165, 1.54) is 25.6 Å². The number of nitrogens with zero attached hydrogens (tertiary/aromatic N) is 5. The molecule has 0 saturated heterocycles. The maximum atomic E-state index is 13.3. The van der Waals surface area contributed by atoms with Crippen molar-refractivity contribution in [1.29, 1.82) is 0 Å². The Balaban J connectivity index is 1.79. The van der Waals surface area contributed by atoms with Crippen molar-refractivity contribution in [3.05, 3.63) is 57.8 Å². The number of ether oxygens (including phenoxy) is 2. The number of sulfonamides is 1. The molecule has 4 aromatic rings. The minimum absolute atomic E-state index is 0.00808. The van der Waals surface area contributed by atoms with E-state index in [1.54, 1.807) is 42.0 Å². The van der Waals surface area contributed by atoms with Crippen molar-refractivity contribution in [3.63, 3.8) is 0 Å². The summed E-state index contributed by atoms with van der Waals surface area (Å²) in [5.41, 5.74) is 1.91. The average molecular weight is 580 g/mol. The summed E-state index contributed by atoms with van der Waals surface area (Å²) in [7, 11) is -0.837. The molecule has 35 heavy (non-hydrogen) atoms.